The van der Waals surface area contributed by atoms with Crippen LogP contribution in [0.2, 0.25) is 0 Å². The van der Waals surface area contributed by atoms with Crippen molar-refractivity contribution in [3.05, 3.63) is 76.9 Å². The van der Waals surface area contributed by atoms with Gasteiger partial charge in [0, 0.05) is 36.7 Å². The second-order valence-corrected chi connectivity index (χ2v) is 8.66. The number of nitro benzene ring substituents is 4. The SMILES string of the molecule is NCCSSCCN(c1ccc([N+](=O)[O-])cc1[N+](=O)[O-])c1ccc([N+](=O)[O-])cc1[N+](=O)[O-]. The van der Waals surface area contributed by atoms with Gasteiger partial charge in [0.2, 0.25) is 0 Å². The van der Waals surface area contributed by atoms with Crippen LogP contribution in [-0.4, -0.2) is 44.3 Å². The molecule has 0 radical (unpaired) electrons. The summed E-state index contributed by atoms with van der Waals surface area (Å²) in [6.07, 6.45) is 0. The van der Waals surface area contributed by atoms with Gasteiger partial charge in [-0.05, 0) is 12.1 Å². The van der Waals surface area contributed by atoms with E-state index in [1.807, 2.05) is 0 Å². The van der Waals surface area contributed by atoms with E-state index in [9.17, 15) is 40.5 Å². The Kier molecular flexibility index (Phi) is 8.68. The first kappa shape index (κ1) is 24.8. The first-order valence-electron chi connectivity index (χ1n) is 8.75. The molecular formula is C16H16N6O8S2. The van der Waals surface area contributed by atoms with Crippen LogP contribution in [0.1, 0.15) is 0 Å². The number of nitro groups is 4. The molecule has 0 bridgehead atoms. The predicted octanol–water partition coefficient (Wildman–Crippen LogP) is 3.80. The Balaban J connectivity index is 2.62. The average Bonchev–Trinajstić information content (AvgIpc) is 2.75. The van der Waals surface area contributed by atoms with Crippen molar-refractivity contribution in [3.63, 3.8) is 0 Å². The van der Waals surface area contributed by atoms with E-state index in [-0.39, 0.29) is 17.9 Å². The topological polar surface area (TPSA) is 202 Å². The third kappa shape index (κ3) is 6.02. The lowest BCUT2D eigenvalue weighted by molar-refractivity contribution is -0.393. The van der Waals surface area contributed by atoms with E-state index in [0.717, 1.165) is 36.4 Å². The molecule has 32 heavy (non-hydrogen) atoms. The van der Waals surface area contributed by atoms with Crippen LogP contribution < -0.4 is 10.6 Å². The van der Waals surface area contributed by atoms with Crippen molar-refractivity contribution in [1.29, 1.82) is 0 Å². The summed E-state index contributed by atoms with van der Waals surface area (Å²) < 4.78 is 0. The van der Waals surface area contributed by atoms with E-state index >= 15 is 0 Å². The molecule has 170 valence electrons. The summed E-state index contributed by atoms with van der Waals surface area (Å²) >= 11 is 0. The maximum Gasteiger partial charge on any atom is 0.299 e. The molecule has 0 aliphatic heterocycles. The molecule has 0 amide bonds. The lowest BCUT2D eigenvalue weighted by Crippen LogP contribution is -2.22. The van der Waals surface area contributed by atoms with Gasteiger partial charge in [-0.2, -0.15) is 0 Å². The highest BCUT2D eigenvalue weighted by molar-refractivity contribution is 8.76. The first-order chi connectivity index (χ1) is 15.2. The summed E-state index contributed by atoms with van der Waals surface area (Å²) in [5.74, 6) is 0.993. The van der Waals surface area contributed by atoms with Crippen LogP contribution in [0.15, 0.2) is 36.4 Å². The molecule has 0 spiro atoms. The highest BCUT2D eigenvalue weighted by atomic mass is 33.1. The molecule has 2 rings (SSSR count). The predicted molar refractivity (Wildman–Crippen MR) is 120 cm³/mol. The van der Waals surface area contributed by atoms with Gasteiger partial charge in [0.05, 0.1) is 31.8 Å². The minimum atomic E-state index is -0.830. The molecule has 0 saturated carbocycles. The second-order valence-electron chi connectivity index (χ2n) is 5.96. The zero-order chi connectivity index (χ0) is 23.8. The van der Waals surface area contributed by atoms with Gasteiger partial charge in [0.25, 0.3) is 22.7 Å². The van der Waals surface area contributed by atoms with Crippen LogP contribution in [0, 0.1) is 40.5 Å². The zero-order valence-electron chi connectivity index (χ0n) is 16.2. The van der Waals surface area contributed by atoms with Crippen LogP contribution in [0.4, 0.5) is 34.1 Å². The third-order valence-electron chi connectivity index (χ3n) is 4.00. The van der Waals surface area contributed by atoms with Gasteiger partial charge < -0.3 is 10.6 Å². The summed E-state index contributed by atoms with van der Waals surface area (Å²) in [5.41, 5.74) is 2.88. The van der Waals surface area contributed by atoms with Crippen molar-refractivity contribution in [3.8, 4) is 0 Å². The molecule has 2 N–H and O–H groups in total. The maximum atomic E-state index is 11.6. The summed E-state index contributed by atoms with van der Waals surface area (Å²) in [5, 5.41) is 45.3. The molecule has 0 heterocycles. The molecular weight excluding hydrogens is 468 g/mol. The minimum absolute atomic E-state index is 0.0412. The highest BCUT2D eigenvalue weighted by Crippen LogP contribution is 2.41. The average molecular weight is 484 g/mol. The smallest absolute Gasteiger partial charge is 0.299 e. The monoisotopic (exact) mass is 484 g/mol. The zero-order valence-corrected chi connectivity index (χ0v) is 17.8. The molecule has 0 aliphatic carbocycles. The number of hydrogen-bond acceptors (Lipinski definition) is 12. The minimum Gasteiger partial charge on any atom is -0.330 e. The van der Waals surface area contributed by atoms with Crippen molar-refractivity contribution < 1.29 is 19.7 Å². The van der Waals surface area contributed by atoms with Crippen molar-refractivity contribution in [2.75, 3.05) is 29.5 Å². The Labute approximate surface area is 187 Å². The molecule has 0 saturated heterocycles. The quantitative estimate of drug-likeness (QED) is 0.198. The van der Waals surface area contributed by atoms with Crippen LogP contribution in [0.3, 0.4) is 0 Å². The largest absolute Gasteiger partial charge is 0.330 e. The number of benzene rings is 2. The normalized spacial score (nSPS) is 10.5. The van der Waals surface area contributed by atoms with Crippen molar-refractivity contribution in [2.45, 2.75) is 0 Å². The van der Waals surface area contributed by atoms with Gasteiger partial charge in [-0.15, -0.1) is 0 Å². The Hall–Kier alpha value is -3.50. The van der Waals surface area contributed by atoms with E-state index in [0.29, 0.717) is 18.1 Å². The Bertz CT molecular complexity index is 978. The van der Waals surface area contributed by atoms with Crippen molar-refractivity contribution in [2.24, 2.45) is 5.73 Å². The number of hydrogen-bond donors (Lipinski definition) is 1. The van der Waals surface area contributed by atoms with E-state index in [4.69, 9.17) is 5.73 Å². The molecule has 0 aromatic heterocycles. The molecule has 0 fully saturated rings. The number of anilines is 2. The summed E-state index contributed by atoms with van der Waals surface area (Å²) in [7, 11) is 2.82. The van der Waals surface area contributed by atoms with Crippen LogP contribution in [0.5, 0.6) is 0 Å². The van der Waals surface area contributed by atoms with E-state index < -0.39 is 42.4 Å². The molecule has 16 heteroatoms. The van der Waals surface area contributed by atoms with Gasteiger partial charge in [-0.1, -0.05) is 21.6 Å². The standard InChI is InChI=1S/C16H16N6O8S2/c17-5-7-31-32-8-6-18(13-3-1-11(19(23)24)9-15(13)21(27)28)14-4-2-12(20(25)26)10-16(14)22(29)30/h1-4,9-10H,5-8,17H2. The van der Waals surface area contributed by atoms with Gasteiger partial charge in [-0.25, -0.2) is 0 Å². The third-order valence-corrected chi connectivity index (χ3v) is 6.42. The van der Waals surface area contributed by atoms with Crippen molar-refractivity contribution >= 4 is 55.7 Å². The fourth-order valence-electron chi connectivity index (χ4n) is 2.66. The number of nitrogens with zero attached hydrogens (tertiary/aromatic N) is 5. The lowest BCUT2D eigenvalue weighted by Gasteiger charge is -2.24. The second kappa shape index (κ2) is 11.2. The fraction of sp³-hybridized carbons (Fsp3) is 0.250. The summed E-state index contributed by atoms with van der Waals surface area (Å²) in [6.45, 7) is 0.475. The number of nitrogens with two attached hydrogens (primary N) is 1. The molecule has 0 unspecified atom stereocenters. The van der Waals surface area contributed by atoms with Gasteiger partial charge >= 0.3 is 0 Å². The number of non-ortho nitro benzene ring substituents is 2. The van der Waals surface area contributed by atoms with E-state index in [1.165, 1.54) is 26.5 Å². The van der Waals surface area contributed by atoms with Gasteiger partial charge in [0.15, 0.2) is 0 Å². The molecule has 14 nitrogen and oxygen atoms in total. The Morgan fingerprint density at radius 1 is 0.719 bits per heavy atom. The van der Waals surface area contributed by atoms with Crippen LogP contribution in [-0.2, 0) is 0 Å². The molecule has 2 aromatic rings. The molecule has 2 aromatic carbocycles. The Morgan fingerprint density at radius 3 is 1.53 bits per heavy atom. The highest BCUT2D eigenvalue weighted by Gasteiger charge is 2.30. The first-order valence-corrected chi connectivity index (χ1v) is 11.2. The lowest BCUT2D eigenvalue weighted by atomic mass is 10.1. The van der Waals surface area contributed by atoms with E-state index in [1.54, 1.807) is 0 Å². The van der Waals surface area contributed by atoms with Crippen LogP contribution in [0.25, 0.3) is 0 Å². The van der Waals surface area contributed by atoms with Crippen molar-refractivity contribution in [1.82, 2.24) is 0 Å². The Morgan fingerprint density at radius 2 is 1.16 bits per heavy atom. The fourth-order valence-corrected chi connectivity index (χ4v) is 4.47. The molecule has 0 atom stereocenters. The maximum absolute atomic E-state index is 11.6. The van der Waals surface area contributed by atoms with E-state index in [2.05, 4.69) is 0 Å². The number of rotatable bonds is 12. The van der Waals surface area contributed by atoms with Gasteiger partial charge in [0.1, 0.15) is 11.4 Å². The summed E-state index contributed by atoms with van der Waals surface area (Å²) in [4.78, 5) is 43.3. The summed E-state index contributed by atoms with van der Waals surface area (Å²) in [6, 6.07) is 5.86. The molecule has 0 aliphatic rings. The van der Waals surface area contributed by atoms with Crippen LogP contribution >= 0.6 is 21.6 Å². The van der Waals surface area contributed by atoms with Gasteiger partial charge in [-0.3, -0.25) is 40.5 Å².